The molecular formula is C15H22N4O4S. The molecular weight excluding hydrogens is 332 g/mol. The summed E-state index contributed by atoms with van der Waals surface area (Å²) in [5.41, 5.74) is 0.255. The lowest BCUT2D eigenvalue weighted by atomic mass is 10.1. The monoisotopic (exact) mass is 354 g/mol. The van der Waals surface area contributed by atoms with Gasteiger partial charge in [0.15, 0.2) is 9.84 Å². The lowest BCUT2D eigenvalue weighted by Crippen LogP contribution is -2.45. The predicted octanol–water partition coefficient (Wildman–Crippen LogP) is 0.160. The van der Waals surface area contributed by atoms with E-state index in [4.69, 9.17) is 5.26 Å². The van der Waals surface area contributed by atoms with Crippen LogP contribution in [0.3, 0.4) is 0 Å². The van der Waals surface area contributed by atoms with Gasteiger partial charge in [-0.1, -0.05) is 0 Å². The first kappa shape index (κ1) is 18.4. The maximum Gasteiger partial charge on any atom is 0.270 e. The zero-order valence-corrected chi connectivity index (χ0v) is 14.8. The second kappa shape index (κ2) is 7.30. The third kappa shape index (κ3) is 4.12. The Hall–Kier alpha value is -1.95. The van der Waals surface area contributed by atoms with Crippen molar-refractivity contribution in [3.63, 3.8) is 0 Å². The van der Waals surface area contributed by atoms with Gasteiger partial charge in [0.05, 0.1) is 29.5 Å². The van der Waals surface area contributed by atoms with Crippen LogP contribution >= 0.6 is 0 Å². The molecule has 2 heterocycles. The van der Waals surface area contributed by atoms with Crippen LogP contribution < -0.4 is 0 Å². The molecule has 1 fully saturated rings. The van der Waals surface area contributed by atoms with Crippen LogP contribution in [0.4, 0.5) is 0 Å². The average Bonchev–Trinajstić information content (AvgIpc) is 2.91. The van der Waals surface area contributed by atoms with Crippen LogP contribution in [0.2, 0.25) is 0 Å². The number of rotatable bonds is 5. The molecule has 24 heavy (non-hydrogen) atoms. The Morgan fingerprint density at radius 3 is 2.75 bits per heavy atom. The van der Waals surface area contributed by atoms with E-state index in [0.29, 0.717) is 19.5 Å². The quantitative estimate of drug-likeness (QED) is 0.698. The average molecular weight is 354 g/mol. The summed E-state index contributed by atoms with van der Waals surface area (Å²) >= 11 is 0. The first-order chi connectivity index (χ1) is 11.3. The largest absolute Gasteiger partial charge is 0.337 e. The minimum absolute atomic E-state index is 0.0427. The van der Waals surface area contributed by atoms with Gasteiger partial charge in [-0.3, -0.25) is 9.59 Å². The summed E-state index contributed by atoms with van der Waals surface area (Å²) in [7, 11) is -3.14. The second-order valence-corrected chi connectivity index (χ2v) is 8.44. The van der Waals surface area contributed by atoms with Crippen molar-refractivity contribution in [3.8, 4) is 6.07 Å². The summed E-state index contributed by atoms with van der Waals surface area (Å²) in [5.74, 6) is -0.899. The summed E-state index contributed by atoms with van der Waals surface area (Å²) in [6.45, 7) is 4.29. The molecule has 0 radical (unpaired) electrons. The summed E-state index contributed by atoms with van der Waals surface area (Å²) in [5, 5.41) is 14.3. The van der Waals surface area contributed by atoms with Gasteiger partial charge in [-0.25, -0.2) is 13.4 Å². The molecule has 0 saturated carbocycles. The standard InChI is InChI=1S/C15H22N4O4S/c1-3-18(9-11(2)8-16)15(21)13-4-5-14(20)19(17-13)12-6-7-24(22,23)10-12/h11-12H,3-7,9-10H2,1-2H3/t11-,12+/m1/s1. The molecule has 2 aliphatic rings. The van der Waals surface area contributed by atoms with Crippen molar-refractivity contribution in [1.29, 1.82) is 5.26 Å². The Morgan fingerprint density at radius 1 is 1.50 bits per heavy atom. The molecule has 9 heteroatoms. The Labute approximate surface area is 142 Å². The van der Waals surface area contributed by atoms with Crippen LogP contribution in [-0.4, -0.2) is 66.5 Å². The van der Waals surface area contributed by atoms with E-state index in [1.807, 2.05) is 6.92 Å². The summed E-state index contributed by atoms with van der Waals surface area (Å²) in [4.78, 5) is 26.2. The Kier molecular flexibility index (Phi) is 5.59. The number of nitriles is 1. The van der Waals surface area contributed by atoms with Crippen molar-refractivity contribution in [2.24, 2.45) is 11.0 Å². The topological polar surface area (TPSA) is 111 Å². The van der Waals surface area contributed by atoms with Gasteiger partial charge in [0, 0.05) is 25.9 Å². The number of carbonyl (C=O) groups excluding carboxylic acids is 2. The molecule has 2 amide bonds. The van der Waals surface area contributed by atoms with E-state index in [1.165, 1.54) is 9.91 Å². The van der Waals surface area contributed by atoms with Gasteiger partial charge in [0.25, 0.3) is 5.91 Å². The van der Waals surface area contributed by atoms with Crippen LogP contribution in [0.25, 0.3) is 0 Å². The maximum absolute atomic E-state index is 12.6. The van der Waals surface area contributed by atoms with E-state index in [0.717, 1.165) is 0 Å². The molecule has 0 aromatic heterocycles. The molecule has 0 aromatic carbocycles. The Morgan fingerprint density at radius 2 is 2.21 bits per heavy atom. The predicted molar refractivity (Wildman–Crippen MR) is 87.6 cm³/mol. The number of carbonyl (C=O) groups is 2. The van der Waals surface area contributed by atoms with Gasteiger partial charge < -0.3 is 4.90 Å². The van der Waals surface area contributed by atoms with Crippen LogP contribution in [0.15, 0.2) is 5.10 Å². The van der Waals surface area contributed by atoms with Gasteiger partial charge >= 0.3 is 0 Å². The fourth-order valence-corrected chi connectivity index (χ4v) is 4.58. The third-order valence-electron chi connectivity index (χ3n) is 4.24. The number of sulfone groups is 1. The highest BCUT2D eigenvalue weighted by Gasteiger charge is 2.37. The van der Waals surface area contributed by atoms with E-state index in [-0.39, 0.29) is 47.8 Å². The first-order valence-corrected chi connectivity index (χ1v) is 9.88. The highest BCUT2D eigenvalue weighted by Crippen LogP contribution is 2.22. The molecule has 8 nitrogen and oxygen atoms in total. The SMILES string of the molecule is CCN(C[C@H](C)C#N)C(=O)C1=NN([C@H]2CCS(=O)(=O)C2)C(=O)CC1. The lowest BCUT2D eigenvalue weighted by molar-refractivity contribution is -0.134. The molecule has 0 bridgehead atoms. The minimum Gasteiger partial charge on any atom is -0.337 e. The fourth-order valence-electron chi connectivity index (χ4n) is 2.89. The van der Waals surface area contributed by atoms with Crippen molar-refractivity contribution in [1.82, 2.24) is 9.91 Å². The van der Waals surface area contributed by atoms with Gasteiger partial charge in [-0.05, 0) is 20.3 Å². The van der Waals surface area contributed by atoms with E-state index in [1.54, 1.807) is 6.92 Å². The molecule has 2 rings (SSSR count). The molecule has 132 valence electrons. The van der Waals surface area contributed by atoms with Crippen molar-refractivity contribution >= 4 is 27.4 Å². The first-order valence-electron chi connectivity index (χ1n) is 8.06. The normalized spacial score (nSPS) is 24.2. The number of hydrogen-bond donors (Lipinski definition) is 0. The number of hydrazone groups is 1. The van der Waals surface area contributed by atoms with Crippen LogP contribution in [0, 0.1) is 17.2 Å². The van der Waals surface area contributed by atoms with E-state index >= 15 is 0 Å². The van der Waals surface area contributed by atoms with Gasteiger partial charge in [-0.2, -0.15) is 10.4 Å². The summed E-state index contributed by atoms with van der Waals surface area (Å²) in [6.07, 6.45) is 0.736. The molecule has 2 aliphatic heterocycles. The smallest absolute Gasteiger partial charge is 0.270 e. The zero-order chi connectivity index (χ0) is 17.9. The van der Waals surface area contributed by atoms with Gasteiger partial charge in [0.2, 0.25) is 5.91 Å². The molecule has 0 aromatic rings. The number of hydrogen-bond acceptors (Lipinski definition) is 6. The second-order valence-electron chi connectivity index (χ2n) is 6.22. The van der Waals surface area contributed by atoms with Crippen LogP contribution in [0.1, 0.15) is 33.1 Å². The maximum atomic E-state index is 12.6. The molecule has 0 spiro atoms. The van der Waals surface area contributed by atoms with Crippen LogP contribution in [0.5, 0.6) is 0 Å². The fraction of sp³-hybridized carbons (Fsp3) is 0.733. The van der Waals surface area contributed by atoms with E-state index in [2.05, 4.69) is 11.2 Å². The van der Waals surface area contributed by atoms with E-state index < -0.39 is 15.9 Å². The van der Waals surface area contributed by atoms with Gasteiger partial charge in [0.1, 0.15) is 5.71 Å². The number of amides is 2. The third-order valence-corrected chi connectivity index (χ3v) is 5.99. The Bertz CT molecular complexity index is 695. The van der Waals surface area contributed by atoms with E-state index in [9.17, 15) is 18.0 Å². The lowest BCUT2D eigenvalue weighted by Gasteiger charge is -2.29. The van der Waals surface area contributed by atoms with Crippen molar-refractivity contribution in [2.45, 2.75) is 39.2 Å². The molecule has 1 saturated heterocycles. The van der Waals surface area contributed by atoms with Crippen molar-refractivity contribution < 1.29 is 18.0 Å². The summed E-state index contributed by atoms with van der Waals surface area (Å²) < 4.78 is 23.2. The summed E-state index contributed by atoms with van der Waals surface area (Å²) in [6, 6.07) is 1.60. The van der Waals surface area contributed by atoms with Crippen molar-refractivity contribution in [2.75, 3.05) is 24.6 Å². The highest BCUT2D eigenvalue weighted by molar-refractivity contribution is 7.91. The van der Waals surface area contributed by atoms with Gasteiger partial charge in [-0.15, -0.1) is 0 Å². The Balaban J connectivity index is 2.17. The molecule has 0 unspecified atom stereocenters. The molecule has 2 atom stereocenters. The highest BCUT2D eigenvalue weighted by atomic mass is 32.2. The number of nitrogens with zero attached hydrogens (tertiary/aromatic N) is 4. The molecule has 0 N–H and O–H groups in total. The molecule has 0 aliphatic carbocycles. The minimum atomic E-state index is -3.14. The zero-order valence-electron chi connectivity index (χ0n) is 13.9. The van der Waals surface area contributed by atoms with Crippen molar-refractivity contribution in [3.05, 3.63) is 0 Å². The van der Waals surface area contributed by atoms with Crippen LogP contribution in [-0.2, 0) is 19.4 Å².